The number of nitrogens with one attached hydrogen (secondary N) is 10. The quantitative estimate of drug-likeness (QED) is 0.00902. The van der Waals surface area contributed by atoms with Gasteiger partial charge in [-0.1, -0.05) is 123 Å². The Bertz CT molecular complexity index is 5730. The van der Waals surface area contributed by atoms with Crippen molar-refractivity contribution in [1.29, 1.82) is 0 Å². The number of phenolic OH excluding ortho intramolecular Hbond substituents is 3. The molecule has 7 aromatic rings. The Labute approximate surface area is 816 Å². The second-order valence-corrected chi connectivity index (χ2v) is 37.2. The standard InChI is InChI=1S/C103H124N12O24.CH5N/c1-58-89(126)90(127)79(40-42-87(104)123)107-56-68(47-62-24-20-25-62)97(134)113-102(5,100(137)111-82(57-116)98(135)110-60(3)94(131)109-59(2)93(105)130)45-19-12-10-8-6-7-9-11-18-44-101(4,92(129)91(128)80(41-43-88(124)125)114-115-81(48-63-30-33-69(117)34-31-63)84(122)52-66(95(132)108-58)49-67-55-106-78-28-17-16-27-73(67)78)112-96(133)65(46-61-22-14-13-15-23-61)50-70(118)26-21-29-83(121)64-32-37-75-74(51-64)99(136)139-103(75)76-38-35-71(119)53-85(76)138-86-54-72(120)36-39-77(86)103;1-2/h8,10,13-17,22-23,27-28,30-39,51,53-55,58-60,62,65-66,68,79-82,106-107,114-117,119-120H,6-7,9,11-12,18-21,24-26,29,40-50,52,56-57H2,1-5H3,(H2,104,123)(H2,105,130)(H,108,132)(H,109,131)(H,110,135)(H,111,137)(H,112,133)(H,113,134)(H,124,125);2H2,1H3/b10-8+;/t58?,59?,60-,65+,66+,68+,79-,80-,81-,82?,101+,102-;/m0./s1. The number of carbonyl (C=O) groups is 17. The minimum absolute atomic E-state index is 0.0116. The van der Waals surface area contributed by atoms with Gasteiger partial charge in [0.2, 0.25) is 70.4 Å². The lowest BCUT2D eigenvalue weighted by molar-refractivity contribution is -0.144. The summed E-state index contributed by atoms with van der Waals surface area (Å²) in [6.07, 6.45) is 6.09. The molecule has 11 rings (SSSR count). The summed E-state index contributed by atoms with van der Waals surface area (Å²) in [5, 5.41) is 71.6. The van der Waals surface area contributed by atoms with Crippen LogP contribution in [0.15, 0.2) is 152 Å². The first kappa shape index (κ1) is 109. The Morgan fingerprint density at radius 3 is 1.88 bits per heavy atom. The molecule has 1 fully saturated rings. The first-order valence-corrected chi connectivity index (χ1v) is 47.8. The van der Waals surface area contributed by atoms with Gasteiger partial charge in [-0.3, -0.25) is 76.7 Å². The van der Waals surface area contributed by atoms with Gasteiger partial charge in [-0.25, -0.2) is 15.6 Å². The number of hydrogen-bond donors (Lipinski definition) is 18. The van der Waals surface area contributed by atoms with Crippen molar-refractivity contribution >= 4 is 111 Å². The highest BCUT2D eigenvalue weighted by Gasteiger charge is 2.55. The van der Waals surface area contributed by atoms with E-state index in [9.17, 15) is 78.3 Å². The number of aliphatic hydroxyl groups excluding tert-OH is 1. The molecule has 141 heavy (non-hydrogen) atoms. The number of H-pyrrole nitrogens is 1. The van der Waals surface area contributed by atoms with Crippen LogP contribution in [-0.2, 0) is 102 Å². The summed E-state index contributed by atoms with van der Waals surface area (Å²) in [5.74, 6) is -19.2. The van der Waals surface area contributed by atoms with Crippen molar-refractivity contribution in [2.45, 2.75) is 254 Å². The molecule has 37 nitrogen and oxygen atoms in total. The van der Waals surface area contributed by atoms with Gasteiger partial charge in [-0.15, -0.1) is 0 Å². The normalized spacial score (nSPS) is 22.0. The third-order valence-corrected chi connectivity index (χ3v) is 26.4. The number of primary amides is 2. The lowest BCUT2D eigenvalue weighted by atomic mass is 9.77. The number of nitrogens with two attached hydrogens (primary N) is 3. The van der Waals surface area contributed by atoms with Crippen molar-refractivity contribution in [2.75, 3.05) is 20.2 Å². The summed E-state index contributed by atoms with van der Waals surface area (Å²) in [6.45, 7) is 5.32. The van der Waals surface area contributed by atoms with Gasteiger partial charge in [0.05, 0.1) is 42.3 Å². The number of aliphatic hydroxyl groups is 1. The van der Waals surface area contributed by atoms with Crippen LogP contribution in [0.2, 0.25) is 0 Å². The Kier molecular flexibility index (Phi) is 39.2. The molecule has 4 aliphatic rings. The minimum atomic E-state index is -2.11. The Hall–Kier alpha value is -14.0. The third-order valence-electron chi connectivity index (χ3n) is 26.4. The number of aromatic amines is 1. The molecule has 3 unspecified atom stereocenters. The number of rotatable bonds is 31. The van der Waals surface area contributed by atoms with Crippen molar-refractivity contribution in [3.05, 3.63) is 196 Å². The summed E-state index contributed by atoms with van der Waals surface area (Å²) in [5.41, 5.74) is 19.1. The maximum absolute atomic E-state index is 15.7. The molecule has 1 saturated carbocycles. The summed E-state index contributed by atoms with van der Waals surface area (Å²) < 4.78 is 12.3. The largest absolute Gasteiger partial charge is 0.508 e. The molecule has 21 N–H and O–H groups in total. The fourth-order valence-corrected chi connectivity index (χ4v) is 18.0. The van der Waals surface area contributed by atoms with Crippen LogP contribution in [0, 0.1) is 23.7 Å². The Morgan fingerprint density at radius 2 is 1.23 bits per heavy atom. The number of fused-ring (bicyclic) bond motifs is 7. The number of carbonyl (C=O) groups excluding carboxylic acids is 16. The van der Waals surface area contributed by atoms with Crippen LogP contribution in [0.5, 0.6) is 28.7 Å². The highest BCUT2D eigenvalue weighted by atomic mass is 16.6. The number of phenols is 3. The van der Waals surface area contributed by atoms with E-state index in [0.29, 0.717) is 76.4 Å². The Morgan fingerprint density at radius 1 is 0.596 bits per heavy atom. The van der Waals surface area contributed by atoms with E-state index < -0.39 is 215 Å². The number of esters is 1. The molecule has 1 spiro atoms. The zero-order valence-electron chi connectivity index (χ0n) is 80.1. The van der Waals surface area contributed by atoms with E-state index in [1.165, 1.54) is 102 Å². The highest BCUT2D eigenvalue weighted by Crippen LogP contribution is 2.57. The maximum Gasteiger partial charge on any atom is 0.340 e. The molecule has 37 heteroatoms. The summed E-state index contributed by atoms with van der Waals surface area (Å²) in [6, 6.07) is 24.0. The third kappa shape index (κ3) is 29.1. The summed E-state index contributed by atoms with van der Waals surface area (Å²) in [4.78, 5) is 247. The van der Waals surface area contributed by atoms with Crippen LogP contribution in [-0.4, -0.2) is 204 Å². The molecule has 8 amide bonds. The van der Waals surface area contributed by atoms with Crippen molar-refractivity contribution in [2.24, 2.45) is 40.9 Å². The molecule has 1 aliphatic carbocycles. The van der Waals surface area contributed by atoms with Crippen LogP contribution in [0.3, 0.4) is 0 Å². The molecule has 0 saturated heterocycles. The van der Waals surface area contributed by atoms with Crippen LogP contribution < -0.4 is 70.0 Å². The number of hydrogen-bond acceptors (Lipinski definition) is 27. The van der Waals surface area contributed by atoms with Crippen LogP contribution >= 0.6 is 0 Å². The van der Waals surface area contributed by atoms with Crippen molar-refractivity contribution in [1.82, 2.24) is 53.1 Å². The fraction of sp³-hybridized carbons (Fsp3) is 0.452. The van der Waals surface area contributed by atoms with Crippen LogP contribution in [0.4, 0.5) is 0 Å². The lowest BCUT2D eigenvalue weighted by Crippen LogP contribution is -2.63. The Balaban J connectivity index is 0.0000102. The van der Waals surface area contributed by atoms with Gasteiger partial charge < -0.3 is 94.4 Å². The number of benzene rings is 6. The summed E-state index contributed by atoms with van der Waals surface area (Å²) in [7, 11) is 1.50. The van der Waals surface area contributed by atoms with E-state index in [1.807, 2.05) is 12.2 Å². The van der Waals surface area contributed by atoms with Crippen molar-refractivity contribution < 1.29 is 117 Å². The molecule has 3 aliphatic heterocycles. The van der Waals surface area contributed by atoms with Crippen LogP contribution in [0.25, 0.3) is 10.9 Å². The average molecular weight is 1950 g/mol. The van der Waals surface area contributed by atoms with Gasteiger partial charge in [-0.2, -0.15) is 0 Å². The van der Waals surface area contributed by atoms with E-state index >= 15 is 28.8 Å². The van der Waals surface area contributed by atoms with Gasteiger partial charge in [0.15, 0.2) is 17.2 Å². The van der Waals surface area contributed by atoms with Gasteiger partial charge in [0.25, 0.3) is 0 Å². The maximum atomic E-state index is 15.7. The van der Waals surface area contributed by atoms with Gasteiger partial charge in [-0.05, 0) is 196 Å². The SMILES string of the molecule is CC(NC(=O)[C@H](C)NC(=O)C(CO)NC(=O)[C@]1(C)CCC/C=C/CCCCCC[C@@](C)(NC(=O)[C@@H](CC(=O)CCCC(=O)c2ccc3c(c2)C(=O)OC32c3ccc(O)cc3Oc3cc(O)ccc32)Cc2ccccc2)C(=O)C(=O)[C@H](CCC(=O)O)NN[C@@H](Cc2ccc(O)cc2)C(=O)C[C@@H](Cc2c[nH]c3ccccc23)C(=O)NC(C)C(=O)C(=O)[C@H](CCC(N)=O)NC[C@@H](CC2CCC2)C(=O)N1)C(N)=O.CN. The van der Waals surface area contributed by atoms with E-state index in [-0.39, 0.29) is 129 Å². The highest BCUT2D eigenvalue weighted by molar-refractivity contribution is 6.43. The second kappa shape index (κ2) is 50.7. The number of aliphatic carboxylic acids is 1. The van der Waals surface area contributed by atoms with Crippen molar-refractivity contribution in [3.63, 3.8) is 0 Å². The monoisotopic (exact) mass is 1940 g/mol. The first-order valence-electron chi connectivity index (χ1n) is 47.8. The lowest BCUT2D eigenvalue weighted by Gasteiger charge is -2.36. The zero-order valence-corrected chi connectivity index (χ0v) is 80.1. The molecular formula is C104H129N13O24. The predicted octanol–water partition coefficient (Wildman–Crippen LogP) is 6.97. The smallest absolute Gasteiger partial charge is 0.340 e. The van der Waals surface area contributed by atoms with E-state index in [0.717, 1.165) is 19.3 Å². The van der Waals surface area contributed by atoms with E-state index in [4.69, 9.17) is 20.9 Å². The minimum Gasteiger partial charge on any atom is -0.508 e. The number of amides is 8. The topological polar surface area (TPSA) is 612 Å². The second-order valence-electron chi connectivity index (χ2n) is 37.2. The average Bonchev–Trinajstić information content (AvgIpc) is 1.54. The number of ketones is 7. The number of para-hydroxylation sites is 1. The number of aromatic hydroxyl groups is 3. The van der Waals surface area contributed by atoms with E-state index in [2.05, 4.69) is 58.8 Å². The van der Waals surface area contributed by atoms with Crippen LogP contribution in [0.1, 0.15) is 230 Å². The van der Waals surface area contributed by atoms with Gasteiger partial charge >= 0.3 is 11.9 Å². The number of allylic oxidation sites excluding steroid dienone is 2. The molecule has 0 radical (unpaired) electrons. The molecule has 754 valence electrons. The number of ether oxygens (including phenoxy) is 2. The van der Waals surface area contributed by atoms with Gasteiger partial charge in [0.1, 0.15) is 63.7 Å². The molecule has 1 aromatic heterocycles. The molecular weight excluding hydrogens is 1820 g/mol. The first-order chi connectivity index (χ1) is 67.3. The van der Waals surface area contributed by atoms with Crippen molar-refractivity contribution in [3.8, 4) is 28.7 Å². The van der Waals surface area contributed by atoms with Gasteiger partial charge in [0, 0.05) is 108 Å². The predicted molar refractivity (Wildman–Crippen MR) is 518 cm³/mol. The summed E-state index contributed by atoms with van der Waals surface area (Å²) >= 11 is 0. The molecule has 0 bridgehead atoms. The van der Waals surface area contributed by atoms with E-state index in [1.54, 1.807) is 79.0 Å². The number of aromatic nitrogens is 1. The molecule has 12 atom stereocenters. The molecule has 4 heterocycles. The number of carboxylic acid groups (broad SMARTS) is 1. The number of Topliss-reactive ketones (excluding diaryl/α,β-unsaturated/α-hetero) is 7. The number of hydrazine groups is 1. The zero-order chi connectivity index (χ0) is 103. The molecule has 6 aromatic carbocycles. The fourth-order valence-electron chi connectivity index (χ4n) is 18.0. The number of carboxylic acids is 1.